The number of carbonyl (C=O) groups is 2. The first-order chi connectivity index (χ1) is 13.1. The summed E-state index contributed by atoms with van der Waals surface area (Å²) in [5, 5.41) is 6.86. The van der Waals surface area contributed by atoms with E-state index in [1.807, 2.05) is 0 Å². The molecule has 1 aliphatic heterocycles. The summed E-state index contributed by atoms with van der Waals surface area (Å²) in [7, 11) is 1.81. The van der Waals surface area contributed by atoms with E-state index in [2.05, 4.69) is 20.4 Å². The van der Waals surface area contributed by atoms with Crippen molar-refractivity contribution in [3.63, 3.8) is 0 Å². The van der Waals surface area contributed by atoms with Crippen molar-refractivity contribution < 1.29 is 14.1 Å². The zero-order valence-electron chi connectivity index (χ0n) is 15.4. The third kappa shape index (κ3) is 4.01. The van der Waals surface area contributed by atoms with E-state index in [0.717, 1.165) is 31.5 Å². The molecule has 4 rings (SSSR count). The third-order valence-corrected chi connectivity index (χ3v) is 5.16. The lowest BCUT2D eigenvalue weighted by Crippen LogP contribution is -2.47. The van der Waals surface area contributed by atoms with Crippen LogP contribution in [0.15, 0.2) is 16.9 Å². The number of imidazole rings is 1. The summed E-state index contributed by atoms with van der Waals surface area (Å²) < 4.78 is 6.94. The van der Waals surface area contributed by atoms with Gasteiger partial charge in [0.15, 0.2) is 11.6 Å². The van der Waals surface area contributed by atoms with Gasteiger partial charge in [0, 0.05) is 57.3 Å². The molecule has 0 aromatic carbocycles. The number of amides is 2. The Bertz CT molecular complexity index is 825. The number of nitrogens with zero attached hydrogens (tertiary/aromatic N) is 5. The van der Waals surface area contributed by atoms with Crippen LogP contribution >= 0.6 is 0 Å². The second-order valence-electron chi connectivity index (χ2n) is 7.31. The van der Waals surface area contributed by atoms with Crippen molar-refractivity contribution in [1.82, 2.24) is 29.9 Å². The van der Waals surface area contributed by atoms with E-state index in [4.69, 9.17) is 4.52 Å². The fourth-order valence-corrected chi connectivity index (χ4v) is 3.43. The molecule has 2 amide bonds. The van der Waals surface area contributed by atoms with Gasteiger partial charge < -0.3 is 19.3 Å². The van der Waals surface area contributed by atoms with Gasteiger partial charge in [0.2, 0.25) is 11.7 Å². The monoisotopic (exact) mass is 372 g/mol. The fourth-order valence-electron chi connectivity index (χ4n) is 3.43. The molecule has 2 aromatic heterocycles. The molecule has 2 aliphatic rings. The molecule has 1 atom stereocenters. The molecule has 1 saturated heterocycles. The summed E-state index contributed by atoms with van der Waals surface area (Å²) in [5.74, 6) is 2.03. The number of aromatic nitrogens is 4. The molecule has 2 aromatic rings. The Balaban J connectivity index is 1.26. The van der Waals surface area contributed by atoms with Crippen LogP contribution in [0.1, 0.15) is 53.9 Å². The summed E-state index contributed by atoms with van der Waals surface area (Å²) in [6.45, 7) is 1.51. The predicted molar refractivity (Wildman–Crippen MR) is 95.2 cm³/mol. The van der Waals surface area contributed by atoms with Crippen molar-refractivity contribution in [2.75, 3.05) is 19.6 Å². The van der Waals surface area contributed by atoms with Crippen molar-refractivity contribution in [3.8, 4) is 0 Å². The van der Waals surface area contributed by atoms with E-state index < -0.39 is 0 Å². The van der Waals surface area contributed by atoms with Crippen LogP contribution in [0.4, 0.5) is 4.79 Å². The van der Waals surface area contributed by atoms with Crippen molar-refractivity contribution in [1.29, 1.82) is 0 Å². The first-order valence-electron chi connectivity index (χ1n) is 9.48. The highest BCUT2D eigenvalue weighted by Crippen LogP contribution is 2.38. The van der Waals surface area contributed by atoms with Crippen molar-refractivity contribution >= 4 is 11.8 Å². The molecule has 0 radical (unpaired) electrons. The molecule has 0 bridgehead atoms. The van der Waals surface area contributed by atoms with Gasteiger partial charge in [0.25, 0.3) is 0 Å². The van der Waals surface area contributed by atoms with Gasteiger partial charge >= 0.3 is 6.03 Å². The number of rotatable bonds is 6. The SMILES string of the molecule is Cn1ccnc1C(=O)[C@H]1CCCN(C(=O)NCCc2nc(C3CC3)no2)C1. The molecular weight excluding hydrogens is 348 g/mol. The summed E-state index contributed by atoms with van der Waals surface area (Å²) >= 11 is 0. The number of urea groups is 1. The third-order valence-electron chi connectivity index (χ3n) is 5.16. The standard InChI is InChI=1S/C18H24N6O3/c1-23-10-8-19-17(23)15(25)13-3-2-9-24(11-13)18(26)20-7-6-14-21-16(22-27-14)12-4-5-12/h8,10,12-13H,2-7,9,11H2,1H3,(H,20,26)/t13-/m0/s1. The highest BCUT2D eigenvalue weighted by atomic mass is 16.5. The van der Waals surface area contributed by atoms with Crippen LogP contribution in [0.5, 0.6) is 0 Å². The van der Waals surface area contributed by atoms with Gasteiger partial charge in [-0.3, -0.25) is 4.79 Å². The van der Waals surface area contributed by atoms with E-state index in [1.54, 1.807) is 28.9 Å². The number of piperidine rings is 1. The number of ketones is 1. The van der Waals surface area contributed by atoms with E-state index in [-0.39, 0.29) is 17.7 Å². The average molecular weight is 372 g/mol. The molecule has 144 valence electrons. The number of nitrogens with one attached hydrogen (secondary N) is 1. The Morgan fingerprint density at radius 2 is 2.19 bits per heavy atom. The van der Waals surface area contributed by atoms with Crippen LogP contribution in [-0.2, 0) is 13.5 Å². The molecule has 0 unspecified atom stereocenters. The van der Waals surface area contributed by atoms with Gasteiger partial charge in [0.05, 0.1) is 0 Å². The van der Waals surface area contributed by atoms with Gasteiger partial charge in [-0.25, -0.2) is 9.78 Å². The lowest BCUT2D eigenvalue weighted by atomic mass is 9.93. The Labute approximate surface area is 157 Å². The molecule has 0 spiro atoms. The minimum absolute atomic E-state index is 0.00142. The van der Waals surface area contributed by atoms with Gasteiger partial charge in [-0.15, -0.1) is 0 Å². The summed E-state index contributed by atoms with van der Waals surface area (Å²) in [4.78, 5) is 35.3. The van der Waals surface area contributed by atoms with Crippen LogP contribution in [0.2, 0.25) is 0 Å². The van der Waals surface area contributed by atoms with E-state index in [1.165, 1.54) is 0 Å². The second-order valence-corrected chi connectivity index (χ2v) is 7.31. The molecule has 1 N–H and O–H groups in total. The number of hydrogen-bond donors (Lipinski definition) is 1. The van der Waals surface area contributed by atoms with E-state index in [9.17, 15) is 9.59 Å². The number of Topliss-reactive ketones (excluding diaryl/α,β-unsaturated/α-hetero) is 1. The summed E-state index contributed by atoms with van der Waals surface area (Å²) in [6.07, 6.45) is 7.73. The van der Waals surface area contributed by atoms with Crippen molar-refractivity contribution in [2.45, 2.75) is 38.0 Å². The maximum absolute atomic E-state index is 12.6. The van der Waals surface area contributed by atoms with Crippen LogP contribution in [0, 0.1) is 5.92 Å². The van der Waals surface area contributed by atoms with Crippen LogP contribution in [0.3, 0.4) is 0 Å². The van der Waals surface area contributed by atoms with Crippen LogP contribution in [0.25, 0.3) is 0 Å². The number of likely N-dealkylation sites (tertiary alicyclic amines) is 1. The Morgan fingerprint density at radius 1 is 1.33 bits per heavy atom. The summed E-state index contributed by atoms with van der Waals surface area (Å²) in [6, 6.07) is -0.158. The minimum atomic E-state index is -0.206. The van der Waals surface area contributed by atoms with Gasteiger partial charge in [-0.05, 0) is 25.7 Å². The molecule has 1 saturated carbocycles. The maximum atomic E-state index is 12.6. The normalized spacial score (nSPS) is 19.9. The molecule has 3 heterocycles. The fraction of sp³-hybridized carbons (Fsp3) is 0.611. The highest BCUT2D eigenvalue weighted by molar-refractivity contribution is 5.95. The largest absolute Gasteiger partial charge is 0.339 e. The molecule has 1 aliphatic carbocycles. The summed E-state index contributed by atoms with van der Waals surface area (Å²) in [5.41, 5.74) is 0. The zero-order valence-corrected chi connectivity index (χ0v) is 15.4. The predicted octanol–water partition coefficient (Wildman–Crippen LogP) is 1.53. The zero-order chi connectivity index (χ0) is 18.8. The van der Waals surface area contributed by atoms with E-state index >= 15 is 0 Å². The lowest BCUT2D eigenvalue weighted by Gasteiger charge is -2.31. The van der Waals surface area contributed by atoms with Gasteiger partial charge in [0.1, 0.15) is 0 Å². The topological polar surface area (TPSA) is 106 Å². The first-order valence-corrected chi connectivity index (χ1v) is 9.48. The number of hydrogen-bond acceptors (Lipinski definition) is 6. The smallest absolute Gasteiger partial charge is 0.317 e. The molecule has 27 heavy (non-hydrogen) atoms. The van der Waals surface area contributed by atoms with Crippen LogP contribution in [-0.4, -0.2) is 56.0 Å². The minimum Gasteiger partial charge on any atom is -0.339 e. The van der Waals surface area contributed by atoms with Gasteiger partial charge in [-0.1, -0.05) is 5.16 Å². The average Bonchev–Trinajstić information content (AvgIpc) is 3.28. The number of aryl methyl sites for hydroxylation is 1. The Hall–Kier alpha value is -2.71. The van der Waals surface area contributed by atoms with E-state index in [0.29, 0.717) is 43.7 Å². The van der Waals surface area contributed by atoms with Crippen molar-refractivity contribution in [3.05, 3.63) is 29.9 Å². The molecule has 9 heteroatoms. The Morgan fingerprint density at radius 3 is 2.93 bits per heavy atom. The quantitative estimate of drug-likeness (QED) is 0.771. The van der Waals surface area contributed by atoms with Crippen LogP contribution < -0.4 is 5.32 Å². The van der Waals surface area contributed by atoms with Gasteiger partial charge in [-0.2, -0.15) is 4.98 Å². The molecule has 2 fully saturated rings. The first kappa shape index (κ1) is 17.7. The molecule has 9 nitrogen and oxygen atoms in total. The second kappa shape index (κ2) is 7.50. The number of carbonyl (C=O) groups excluding carboxylic acids is 2. The highest BCUT2D eigenvalue weighted by Gasteiger charge is 2.31. The van der Waals surface area contributed by atoms with Crippen molar-refractivity contribution in [2.24, 2.45) is 13.0 Å². The maximum Gasteiger partial charge on any atom is 0.317 e. The molecular formula is C18H24N6O3. The Kier molecular flexibility index (Phi) is 4.91. The lowest BCUT2D eigenvalue weighted by molar-refractivity contribution is 0.0832.